The highest BCUT2D eigenvalue weighted by Crippen LogP contribution is 2.38. The molecule has 0 aromatic rings. The van der Waals surface area contributed by atoms with Crippen molar-refractivity contribution in [2.75, 3.05) is 0 Å². The second-order valence-electron chi connectivity index (χ2n) is 4.63. The summed E-state index contributed by atoms with van der Waals surface area (Å²) in [5.74, 6) is 0. The summed E-state index contributed by atoms with van der Waals surface area (Å²) in [6.07, 6.45) is 8.31. The van der Waals surface area contributed by atoms with Gasteiger partial charge >= 0.3 is 0 Å². The lowest BCUT2D eigenvalue weighted by Crippen LogP contribution is -2.35. The molecule has 0 saturated carbocycles. The molecule has 1 unspecified atom stereocenters. The number of rotatable bonds is 1. The van der Waals surface area contributed by atoms with Crippen molar-refractivity contribution < 1.29 is 13.0 Å². The molecule has 4 heteroatoms. The molecule has 1 atom stereocenters. The van der Waals surface area contributed by atoms with Gasteiger partial charge in [0, 0.05) is 0 Å². The van der Waals surface area contributed by atoms with Gasteiger partial charge in [0.25, 0.3) is 10.1 Å². The van der Waals surface area contributed by atoms with Crippen molar-refractivity contribution in [3.8, 4) is 0 Å². The van der Waals surface area contributed by atoms with E-state index in [-0.39, 0.29) is 0 Å². The fourth-order valence-electron chi connectivity index (χ4n) is 2.33. The molecule has 0 radical (unpaired) electrons. The van der Waals surface area contributed by atoms with Crippen molar-refractivity contribution in [1.29, 1.82) is 0 Å². The van der Waals surface area contributed by atoms with Gasteiger partial charge in [-0.3, -0.25) is 4.55 Å². The largest absolute Gasteiger partial charge is 0.285 e. The summed E-state index contributed by atoms with van der Waals surface area (Å²) in [6.45, 7) is 1.58. The quantitative estimate of drug-likeness (QED) is 0.701. The zero-order chi connectivity index (χ0) is 11.1. The van der Waals surface area contributed by atoms with E-state index in [1.54, 1.807) is 13.0 Å². The molecular formula is C11H16O3S. The summed E-state index contributed by atoms with van der Waals surface area (Å²) in [4.78, 5) is 0. The third kappa shape index (κ3) is 1.88. The van der Waals surface area contributed by atoms with Crippen LogP contribution in [0, 0.1) is 0 Å². The fourth-order valence-corrected chi connectivity index (χ4v) is 2.93. The Hall–Kier alpha value is -0.610. The number of allylic oxidation sites excluding steroid dienone is 3. The van der Waals surface area contributed by atoms with Gasteiger partial charge < -0.3 is 0 Å². The molecule has 2 aliphatic rings. The molecule has 15 heavy (non-hydrogen) atoms. The second-order valence-corrected chi connectivity index (χ2v) is 6.52. The van der Waals surface area contributed by atoms with Gasteiger partial charge in [-0.1, -0.05) is 17.7 Å². The molecule has 0 saturated heterocycles. The SMILES string of the molecule is CC1(S(=O)(=O)O)C=CC2=C(CCCC2)C1. The highest BCUT2D eigenvalue weighted by molar-refractivity contribution is 7.87. The highest BCUT2D eigenvalue weighted by Gasteiger charge is 2.38. The molecule has 84 valence electrons. The average molecular weight is 228 g/mol. The lowest BCUT2D eigenvalue weighted by molar-refractivity contribution is 0.446. The molecule has 0 fully saturated rings. The van der Waals surface area contributed by atoms with E-state index in [2.05, 4.69) is 0 Å². The van der Waals surface area contributed by atoms with Crippen LogP contribution in [0.25, 0.3) is 0 Å². The summed E-state index contributed by atoms with van der Waals surface area (Å²) in [6, 6.07) is 0. The highest BCUT2D eigenvalue weighted by atomic mass is 32.2. The van der Waals surface area contributed by atoms with E-state index >= 15 is 0 Å². The Morgan fingerprint density at radius 1 is 1.33 bits per heavy atom. The molecule has 0 spiro atoms. The predicted molar refractivity (Wildman–Crippen MR) is 59.2 cm³/mol. The summed E-state index contributed by atoms with van der Waals surface area (Å²) in [5.41, 5.74) is 2.49. The van der Waals surface area contributed by atoms with E-state index in [1.807, 2.05) is 6.08 Å². The van der Waals surface area contributed by atoms with Crippen LogP contribution >= 0.6 is 0 Å². The average Bonchev–Trinajstić information content (AvgIpc) is 2.16. The maximum Gasteiger partial charge on any atom is 0.274 e. The Morgan fingerprint density at radius 2 is 2.00 bits per heavy atom. The first-order chi connectivity index (χ1) is 6.92. The maximum atomic E-state index is 11.3. The van der Waals surface area contributed by atoms with E-state index in [1.165, 1.54) is 17.6 Å². The molecule has 0 aromatic carbocycles. The van der Waals surface area contributed by atoms with Crippen molar-refractivity contribution in [1.82, 2.24) is 0 Å². The predicted octanol–water partition coefficient (Wildman–Crippen LogP) is 2.46. The van der Waals surface area contributed by atoms with Gasteiger partial charge in [0.1, 0.15) is 4.75 Å². The standard InChI is InChI=1S/C11H16O3S/c1-11(15(12,13)14)7-6-9-4-2-3-5-10(9)8-11/h6-7H,2-5,8H2,1H3,(H,12,13,14). The van der Waals surface area contributed by atoms with Crippen LogP contribution in [0.4, 0.5) is 0 Å². The van der Waals surface area contributed by atoms with Crippen LogP contribution in [0.1, 0.15) is 39.0 Å². The molecule has 3 nitrogen and oxygen atoms in total. The third-order valence-corrected chi connectivity index (χ3v) is 4.88. The van der Waals surface area contributed by atoms with Gasteiger partial charge in [0.05, 0.1) is 0 Å². The van der Waals surface area contributed by atoms with Crippen molar-refractivity contribution in [3.63, 3.8) is 0 Å². The van der Waals surface area contributed by atoms with E-state index in [0.29, 0.717) is 6.42 Å². The summed E-state index contributed by atoms with van der Waals surface area (Å²) in [7, 11) is -4.00. The normalized spacial score (nSPS) is 31.6. The molecule has 0 aliphatic heterocycles. The summed E-state index contributed by atoms with van der Waals surface area (Å²) < 4.78 is 30.6. The van der Waals surface area contributed by atoms with Crippen molar-refractivity contribution in [2.24, 2.45) is 0 Å². The van der Waals surface area contributed by atoms with Crippen LogP contribution in [0.2, 0.25) is 0 Å². The Balaban J connectivity index is 2.34. The third-order valence-electron chi connectivity index (χ3n) is 3.42. The van der Waals surface area contributed by atoms with Gasteiger partial charge in [-0.05, 0) is 44.6 Å². The van der Waals surface area contributed by atoms with Gasteiger partial charge in [0.2, 0.25) is 0 Å². The first-order valence-corrected chi connectivity index (χ1v) is 6.73. The van der Waals surface area contributed by atoms with Crippen molar-refractivity contribution in [3.05, 3.63) is 23.3 Å². The summed E-state index contributed by atoms with van der Waals surface area (Å²) in [5, 5.41) is 0. The van der Waals surface area contributed by atoms with Crippen LogP contribution in [0.3, 0.4) is 0 Å². The lowest BCUT2D eigenvalue weighted by Gasteiger charge is -2.31. The van der Waals surface area contributed by atoms with Gasteiger partial charge in [-0.25, -0.2) is 0 Å². The Labute approximate surface area is 90.6 Å². The molecule has 0 heterocycles. The van der Waals surface area contributed by atoms with Crippen LogP contribution in [-0.4, -0.2) is 17.7 Å². The first kappa shape index (κ1) is 10.9. The zero-order valence-electron chi connectivity index (χ0n) is 8.86. The first-order valence-electron chi connectivity index (χ1n) is 5.29. The maximum absolute atomic E-state index is 11.3. The molecule has 1 N–H and O–H groups in total. The lowest BCUT2D eigenvalue weighted by atomic mass is 9.82. The number of hydrogen-bond acceptors (Lipinski definition) is 2. The van der Waals surface area contributed by atoms with Crippen molar-refractivity contribution >= 4 is 10.1 Å². The molecule has 0 bridgehead atoms. The smallest absolute Gasteiger partial charge is 0.274 e. The van der Waals surface area contributed by atoms with Gasteiger partial charge in [0.15, 0.2) is 0 Å². The van der Waals surface area contributed by atoms with Crippen LogP contribution in [-0.2, 0) is 10.1 Å². The minimum absolute atomic E-state index is 0.456. The van der Waals surface area contributed by atoms with Gasteiger partial charge in [-0.2, -0.15) is 8.42 Å². The topological polar surface area (TPSA) is 54.4 Å². The molecule has 2 aliphatic carbocycles. The number of hydrogen-bond donors (Lipinski definition) is 1. The second kappa shape index (κ2) is 3.46. The minimum Gasteiger partial charge on any atom is -0.285 e. The van der Waals surface area contributed by atoms with Crippen LogP contribution in [0.5, 0.6) is 0 Å². The van der Waals surface area contributed by atoms with E-state index in [4.69, 9.17) is 0 Å². The molecule has 0 amide bonds. The van der Waals surface area contributed by atoms with E-state index in [0.717, 1.165) is 19.3 Å². The van der Waals surface area contributed by atoms with Crippen LogP contribution < -0.4 is 0 Å². The monoisotopic (exact) mass is 228 g/mol. The minimum atomic E-state index is -4.00. The van der Waals surface area contributed by atoms with Gasteiger partial charge in [-0.15, -0.1) is 0 Å². The van der Waals surface area contributed by atoms with E-state index < -0.39 is 14.9 Å². The zero-order valence-corrected chi connectivity index (χ0v) is 9.68. The molecule has 2 rings (SSSR count). The Bertz CT molecular complexity index is 431. The van der Waals surface area contributed by atoms with Crippen molar-refractivity contribution in [2.45, 2.75) is 43.8 Å². The fraction of sp³-hybridized carbons (Fsp3) is 0.636. The molecular weight excluding hydrogens is 212 g/mol. The Kier molecular flexibility index (Phi) is 2.51. The van der Waals surface area contributed by atoms with Crippen LogP contribution in [0.15, 0.2) is 23.3 Å². The Morgan fingerprint density at radius 3 is 2.67 bits per heavy atom. The summed E-state index contributed by atoms with van der Waals surface area (Å²) >= 11 is 0. The molecule has 0 aromatic heterocycles. The van der Waals surface area contributed by atoms with E-state index in [9.17, 15) is 13.0 Å².